The molecule has 9 heteroatoms. The minimum Gasteiger partial charge on any atom is -0.459 e. The Balaban J connectivity index is 1.82. The van der Waals surface area contributed by atoms with Crippen LogP contribution in [-0.2, 0) is 15.9 Å². The first-order valence-electron chi connectivity index (χ1n) is 15.6. The van der Waals surface area contributed by atoms with E-state index in [0.29, 0.717) is 74.9 Å². The third-order valence-electron chi connectivity index (χ3n) is 8.71. The first kappa shape index (κ1) is 34.9. The molecule has 43 heavy (non-hydrogen) atoms. The molecule has 5 nitrogen and oxygen atoms in total. The van der Waals surface area contributed by atoms with Crippen LogP contribution in [0.4, 0.5) is 0 Å². The number of hydrogen-bond acceptors (Lipinski definition) is 5. The highest BCUT2D eigenvalue weighted by Gasteiger charge is 2.43. The number of aliphatic hydroxyl groups is 2. The number of ether oxygens (including phenoxy) is 3. The van der Waals surface area contributed by atoms with Crippen LogP contribution in [0.25, 0.3) is 0 Å². The number of alkyl halides is 4. The summed E-state index contributed by atoms with van der Waals surface area (Å²) in [5.74, 6) is 3.54. The molecule has 2 unspecified atom stereocenters. The molecule has 2 aliphatic heterocycles. The van der Waals surface area contributed by atoms with E-state index in [4.69, 9.17) is 60.6 Å². The van der Waals surface area contributed by atoms with E-state index in [0.717, 1.165) is 44.9 Å². The predicted octanol–water partition coefficient (Wildman–Crippen LogP) is 9.88. The van der Waals surface area contributed by atoms with Gasteiger partial charge in [-0.3, -0.25) is 4.74 Å². The fourth-order valence-corrected chi connectivity index (χ4v) is 6.82. The molecule has 0 saturated carbocycles. The normalized spacial score (nSPS) is 18.0. The van der Waals surface area contributed by atoms with Crippen molar-refractivity contribution < 1.29 is 24.4 Å². The van der Waals surface area contributed by atoms with Crippen LogP contribution in [0.15, 0.2) is 24.3 Å². The summed E-state index contributed by atoms with van der Waals surface area (Å²) in [7, 11) is 0. The van der Waals surface area contributed by atoms with Crippen molar-refractivity contribution in [3.63, 3.8) is 0 Å². The van der Waals surface area contributed by atoms with E-state index in [9.17, 15) is 10.2 Å². The van der Waals surface area contributed by atoms with Gasteiger partial charge >= 0.3 is 0 Å². The van der Waals surface area contributed by atoms with Crippen LogP contribution in [0, 0.1) is 0 Å². The maximum absolute atomic E-state index is 11.9. The van der Waals surface area contributed by atoms with Crippen molar-refractivity contribution in [3.8, 4) is 11.5 Å². The van der Waals surface area contributed by atoms with Gasteiger partial charge < -0.3 is 19.7 Å². The summed E-state index contributed by atoms with van der Waals surface area (Å²) in [5.41, 5.74) is 2.92. The zero-order valence-corrected chi connectivity index (χ0v) is 28.8. The fraction of sp³-hybridized carbons (Fsp3) is 0.647. The lowest BCUT2D eigenvalue weighted by Gasteiger charge is -2.42. The largest absolute Gasteiger partial charge is 0.459 e. The number of benzene rings is 2. The van der Waals surface area contributed by atoms with Gasteiger partial charge in [-0.05, 0) is 110 Å². The van der Waals surface area contributed by atoms with Gasteiger partial charge in [-0.1, -0.05) is 27.7 Å². The van der Waals surface area contributed by atoms with E-state index < -0.39 is 23.8 Å². The Labute approximate surface area is 277 Å². The summed E-state index contributed by atoms with van der Waals surface area (Å²) in [6.07, 6.45) is 3.41. The van der Waals surface area contributed by atoms with E-state index in [-0.39, 0.29) is 11.8 Å². The Morgan fingerprint density at radius 2 is 0.930 bits per heavy atom. The van der Waals surface area contributed by atoms with Crippen LogP contribution in [0.1, 0.15) is 137 Å². The van der Waals surface area contributed by atoms with Crippen LogP contribution in [0.3, 0.4) is 0 Å². The van der Waals surface area contributed by atoms with Gasteiger partial charge in [-0.25, -0.2) is 0 Å². The highest BCUT2D eigenvalue weighted by atomic mass is 35.5. The van der Waals surface area contributed by atoms with Crippen molar-refractivity contribution in [2.75, 3.05) is 23.5 Å². The molecule has 0 amide bonds. The third-order valence-corrected chi connectivity index (χ3v) is 9.78. The third kappa shape index (κ3) is 7.56. The van der Waals surface area contributed by atoms with Crippen LogP contribution in [0.5, 0.6) is 11.5 Å². The Morgan fingerprint density at radius 3 is 1.21 bits per heavy atom. The molecule has 2 N–H and O–H groups in total. The lowest BCUT2D eigenvalue weighted by Crippen LogP contribution is -2.34. The van der Waals surface area contributed by atoms with Gasteiger partial charge in [0.15, 0.2) is 0 Å². The molecule has 240 valence electrons. The summed E-state index contributed by atoms with van der Waals surface area (Å²) in [4.78, 5) is 0. The summed E-state index contributed by atoms with van der Waals surface area (Å²) in [6.45, 7) is 8.45. The monoisotopic (exact) mass is 674 g/mol. The Kier molecular flexibility index (Phi) is 12.3. The topological polar surface area (TPSA) is 68.2 Å². The zero-order chi connectivity index (χ0) is 31.4. The smallest absolute Gasteiger partial charge is 0.233 e. The lowest BCUT2D eigenvalue weighted by molar-refractivity contribution is -0.228. The summed E-state index contributed by atoms with van der Waals surface area (Å²) in [5, 5.41) is 23.8. The molecule has 4 rings (SSSR count). The first-order valence-corrected chi connectivity index (χ1v) is 17.7. The van der Waals surface area contributed by atoms with E-state index >= 15 is 0 Å². The standard InChI is InChI=1S/C34H46Cl4O5/c1-21(2)25-17-23(33(39,9-5-13-35)10-6-14-36)19-27-29(25)41-32-28-20-24(34(40,11-7-15-37)12-8-16-38)18-26(22(3)4)30(28)42-31(27)43-32/h17-22,31-32,39-40H,5-16H2,1-4H3. The molecule has 0 spiro atoms. The number of halogens is 4. The van der Waals surface area contributed by atoms with Crippen molar-refractivity contribution in [1.82, 2.24) is 0 Å². The summed E-state index contributed by atoms with van der Waals surface area (Å²) >= 11 is 24.2. The molecule has 0 aliphatic carbocycles. The molecule has 0 aromatic heterocycles. The minimum absolute atomic E-state index is 0.117. The fourth-order valence-electron chi connectivity index (χ4n) is 6.29. The average Bonchev–Trinajstić information content (AvgIpc) is 2.99. The molecule has 0 fully saturated rings. The maximum Gasteiger partial charge on any atom is 0.233 e. The van der Waals surface area contributed by atoms with Crippen molar-refractivity contribution >= 4 is 46.4 Å². The Hall–Kier alpha value is -0.920. The molecule has 2 aromatic carbocycles. The second kappa shape index (κ2) is 15.1. The SMILES string of the molecule is CC(C)c1cc(C(O)(CCCCl)CCCCl)cc2c1OC1OC2Oc2c(C(C)C)cc(C(O)(CCCCl)CCCCl)cc21. The Bertz CT molecular complexity index is 1120. The van der Waals surface area contributed by atoms with E-state index in [1.165, 1.54) is 0 Å². The van der Waals surface area contributed by atoms with Gasteiger partial charge in [0.1, 0.15) is 11.5 Å². The summed E-state index contributed by atoms with van der Waals surface area (Å²) in [6, 6.07) is 8.05. The zero-order valence-electron chi connectivity index (χ0n) is 25.7. The number of hydrogen-bond donors (Lipinski definition) is 2. The number of rotatable bonds is 16. The molecule has 2 heterocycles. The lowest BCUT2D eigenvalue weighted by atomic mass is 9.81. The molecule has 0 saturated heterocycles. The van der Waals surface area contributed by atoms with Crippen LogP contribution in [0.2, 0.25) is 0 Å². The second-order valence-electron chi connectivity index (χ2n) is 12.5. The Morgan fingerprint density at radius 1 is 0.605 bits per heavy atom. The van der Waals surface area contributed by atoms with Crippen molar-refractivity contribution in [2.24, 2.45) is 0 Å². The van der Waals surface area contributed by atoms with E-state index in [1.807, 2.05) is 12.1 Å². The highest BCUT2D eigenvalue weighted by molar-refractivity contribution is 6.18. The number of fused-ring (bicyclic) bond motifs is 6. The van der Waals surface area contributed by atoms with Gasteiger partial charge in [0, 0.05) is 23.5 Å². The molecule has 2 aromatic rings. The maximum atomic E-state index is 11.9. The predicted molar refractivity (Wildman–Crippen MR) is 176 cm³/mol. The van der Waals surface area contributed by atoms with Crippen molar-refractivity contribution in [2.45, 2.75) is 115 Å². The minimum atomic E-state index is -1.08. The molecule has 0 radical (unpaired) electrons. The molecule has 2 atom stereocenters. The van der Waals surface area contributed by atoms with Crippen molar-refractivity contribution in [1.29, 1.82) is 0 Å². The molecule has 2 aliphatic rings. The molecule has 2 bridgehead atoms. The van der Waals surface area contributed by atoms with Gasteiger partial charge in [0.05, 0.1) is 22.3 Å². The molecular formula is C34H46Cl4O5. The van der Waals surface area contributed by atoms with Gasteiger partial charge in [-0.2, -0.15) is 0 Å². The van der Waals surface area contributed by atoms with Gasteiger partial charge in [0.2, 0.25) is 12.6 Å². The summed E-state index contributed by atoms with van der Waals surface area (Å²) < 4.78 is 19.7. The first-order chi connectivity index (χ1) is 20.5. The van der Waals surface area contributed by atoms with E-state index in [1.54, 1.807) is 0 Å². The van der Waals surface area contributed by atoms with Gasteiger partial charge in [-0.15, -0.1) is 46.4 Å². The molecular weight excluding hydrogens is 630 g/mol. The quantitative estimate of drug-likeness (QED) is 0.173. The van der Waals surface area contributed by atoms with Crippen LogP contribution < -0.4 is 9.47 Å². The highest BCUT2D eigenvalue weighted by Crippen LogP contribution is 2.54. The van der Waals surface area contributed by atoms with Crippen molar-refractivity contribution in [3.05, 3.63) is 57.6 Å². The van der Waals surface area contributed by atoms with Crippen LogP contribution in [-0.4, -0.2) is 33.7 Å². The van der Waals surface area contributed by atoms with Gasteiger partial charge in [0.25, 0.3) is 0 Å². The van der Waals surface area contributed by atoms with Crippen LogP contribution >= 0.6 is 46.4 Å². The average molecular weight is 677 g/mol. The van der Waals surface area contributed by atoms with E-state index in [2.05, 4.69) is 39.8 Å². The second-order valence-corrected chi connectivity index (χ2v) is 14.1.